The molecule has 0 radical (unpaired) electrons. The Morgan fingerprint density at radius 3 is 2.24 bits per heavy atom. The molecule has 0 aliphatic rings. The van der Waals surface area contributed by atoms with Gasteiger partial charge in [0.15, 0.2) is 0 Å². The number of methoxy groups -OCH3 is 1. The molecule has 0 aliphatic carbocycles. The number of nitrogens with one attached hydrogen (secondary N) is 1. The van der Waals surface area contributed by atoms with Crippen molar-refractivity contribution in [2.24, 2.45) is 0 Å². The fourth-order valence-electron chi connectivity index (χ4n) is 4.32. The summed E-state index contributed by atoms with van der Waals surface area (Å²) in [6.07, 6.45) is 0.287. The average molecular weight is 621 g/mol. The summed E-state index contributed by atoms with van der Waals surface area (Å²) in [5.74, 6) is -0.678. The second kappa shape index (κ2) is 14.1. The van der Waals surface area contributed by atoms with E-state index >= 15 is 0 Å². The molecule has 0 spiro atoms. The first-order valence-corrected chi connectivity index (χ1v) is 15.3. The van der Waals surface area contributed by atoms with Crippen LogP contribution in [-0.4, -0.2) is 50.9 Å². The topological polar surface area (TPSA) is 96.0 Å². The number of carbonyl (C=O) groups is 2. The van der Waals surface area contributed by atoms with Gasteiger partial charge in [-0.3, -0.25) is 13.9 Å². The van der Waals surface area contributed by atoms with Crippen LogP contribution in [-0.2, 0) is 26.2 Å². The predicted molar refractivity (Wildman–Crippen MR) is 163 cm³/mol. The summed E-state index contributed by atoms with van der Waals surface area (Å²) in [6, 6.07) is 16.7. The van der Waals surface area contributed by atoms with E-state index in [1.165, 1.54) is 24.1 Å². The van der Waals surface area contributed by atoms with E-state index in [2.05, 4.69) is 5.32 Å². The van der Waals surface area contributed by atoms with Crippen molar-refractivity contribution in [1.29, 1.82) is 0 Å². The predicted octanol–water partition coefficient (Wildman–Crippen LogP) is 5.84. The molecule has 3 rings (SSSR count). The van der Waals surface area contributed by atoms with Gasteiger partial charge in [0.2, 0.25) is 11.8 Å². The van der Waals surface area contributed by atoms with Crippen molar-refractivity contribution in [1.82, 2.24) is 10.2 Å². The maximum absolute atomic E-state index is 14.2. The van der Waals surface area contributed by atoms with Crippen molar-refractivity contribution in [2.75, 3.05) is 18.0 Å². The van der Waals surface area contributed by atoms with Gasteiger partial charge >= 0.3 is 0 Å². The van der Waals surface area contributed by atoms with E-state index in [0.717, 1.165) is 9.87 Å². The maximum Gasteiger partial charge on any atom is 0.264 e. The summed E-state index contributed by atoms with van der Waals surface area (Å²) >= 11 is 12.5. The second-order valence-electron chi connectivity index (χ2n) is 9.84. The van der Waals surface area contributed by atoms with Crippen LogP contribution in [0.5, 0.6) is 5.75 Å². The minimum absolute atomic E-state index is 0.0127. The summed E-state index contributed by atoms with van der Waals surface area (Å²) in [5.41, 5.74) is 1.63. The van der Waals surface area contributed by atoms with E-state index in [1.807, 2.05) is 20.8 Å². The van der Waals surface area contributed by atoms with Crippen molar-refractivity contribution in [3.63, 3.8) is 0 Å². The van der Waals surface area contributed by atoms with E-state index in [9.17, 15) is 18.0 Å². The molecule has 0 saturated carbocycles. The van der Waals surface area contributed by atoms with Crippen LogP contribution in [0.15, 0.2) is 71.6 Å². The number of anilines is 1. The van der Waals surface area contributed by atoms with Crippen molar-refractivity contribution >= 4 is 50.7 Å². The fourth-order valence-corrected chi connectivity index (χ4v) is 6.21. The first-order chi connectivity index (χ1) is 19.4. The standard InChI is InChI=1S/C30H35Cl2N3O5S/c1-6-26(30(37)33-20(2)3)34(18-22-13-14-23(31)17-25(22)32)29(36)19-35(27-9-7-8-10-28(27)40-5)41(38,39)24-15-11-21(4)12-16-24/h7-17,20,26H,6,18-19H2,1-5H3,(H,33,37)/t26-/m1/s1. The molecule has 11 heteroatoms. The molecule has 1 N–H and O–H groups in total. The van der Waals surface area contributed by atoms with Gasteiger partial charge in [-0.25, -0.2) is 8.42 Å². The summed E-state index contributed by atoms with van der Waals surface area (Å²) in [6.45, 7) is 6.66. The normalized spacial score (nSPS) is 12.1. The highest BCUT2D eigenvalue weighted by atomic mass is 35.5. The van der Waals surface area contributed by atoms with Gasteiger partial charge in [-0.05, 0) is 69.2 Å². The van der Waals surface area contributed by atoms with Crippen molar-refractivity contribution < 1.29 is 22.7 Å². The van der Waals surface area contributed by atoms with Crippen LogP contribution in [0.1, 0.15) is 38.3 Å². The molecule has 41 heavy (non-hydrogen) atoms. The molecule has 3 aromatic carbocycles. The smallest absolute Gasteiger partial charge is 0.264 e. The van der Waals surface area contributed by atoms with Crippen LogP contribution in [0, 0.1) is 6.92 Å². The zero-order valence-corrected chi connectivity index (χ0v) is 26.1. The Bertz CT molecular complexity index is 1480. The molecule has 1 atom stereocenters. The number of ether oxygens (including phenoxy) is 1. The number of carbonyl (C=O) groups excluding carboxylic acids is 2. The fraction of sp³-hybridized carbons (Fsp3) is 0.333. The lowest BCUT2D eigenvalue weighted by Crippen LogP contribution is -2.53. The third kappa shape index (κ3) is 7.93. The van der Waals surface area contributed by atoms with E-state index in [0.29, 0.717) is 15.6 Å². The highest BCUT2D eigenvalue weighted by Crippen LogP contribution is 2.33. The Morgan fingerprint density at radius 2 is 1.66 bits per heavy atom. The van der Waals surface area contributed by atoms with Crippen molar-refractivity contribution in [2.45, 2.75) is 57.6 Å². The number of hydrogen-bond acceptors (Lipinski definition) is 5. The number of sulfonamides is 1. The molecule has 2 amide bonds. The number of aryl methyl sites for hydroxylation is 1. The van der Waals surface area contributed by atoms with Crippen LogP contribution in [0.2, 0.25) is 10.0 Å². The molecular formula is C30H35Cl2N3O5S. The van der Waals surface area contributed by atoms with E-state index in [1.54, 1.807) is 61.5 Å². The molecule has 0 unspecified atom stereocenters. The number of halogens is 2. The number of nitrogens with zero attached hydrogens (tertiary/aromatic N) is 2. The quantitative estimate of drug-likeness (QED) is 0.275. The van der Waals surface area contributed by atoms with Gasteiger partial charge in [-0.1, -0.05) is 66.0 Å². The molecule has 220 valence electrons. The summed E-state index contributed by atoms with van der Waals surface area (Å²) in [7, 11) is -2.80. The first kappa shape index (κ1) is 32.2. The average Bonchev–Trinajstić information content (AvgIpc) is 2.92. The lowest BCUT2D eigenvalue weighted by atomic mass is 10.1. The molecule has 0 fully saturated rings. The highest BCUT2D eigenvalue weighted by Gasteiger charge is 2.35. The van der Waals surface area contributed by atoms with Crippen LogP contribution < -0.4 is 14.4 Å². The van der Waals surface area contributed by atoms with Gasteiger partial charge < -0.3 is 15.0 Å². The van der Waals surface area contributed by atoms with Crippen LogP contribution >= 0.6 is 23.2 Å². The zero-order valence-electron chi connectivity index (χ0n) is 23.7. The molecule has 3 aromatic rings. The molecule has 0 aromatic heterocycles. The van der Waals surface area contributed by atoms with Crippen molar-refractivity contribution in [3.05, 3.63) is 87.9 Å². The number of amides is 2. The third-order valence-electron chi connectivity index (χ3n) is 6.41. The van der Waals surface area contributed by atoms with Gasteiger partial charge in [-0.2, -0.15) is 0 Å². The SMILES string of the molecule is CC[C@H](C(=O)NC(C)C)N(Cc1ccc(Cl)cc1Cl)C(=O)CN(c1ccccc1OC)S(=O)(=O)c1ccc(C)cc1. The molecule has 0 bridgehead atoms. The van der Waals surface area contributed by atoms with E-state index in [-0.39, 0.29) is 41.2 Å². The van der Waals surface area contributed by atoms with E-state index < -0.39 is 28.5 Å². The lowest BCUT2D eigenvalue weighted by Gasteiger charge is -2.34. The lowest BCUT2D eigenvalue weighted by molar-refractivity contribution is -0.140. The first-order valence-electron chi connectivity index (χ1n) is 13.1. The van der Waals surface area contributed by atoms with Crippen LogP contribution in [0.25, 0.3) is 0 Å². The Hall–Kier alpha value is -3.27. The number of para-hydroxylation sites is 2. The molecule has 0 aliphatic heterocycles. The Labute approximate surface area is 252 Å². The largest absolute Gasteiger partial charge is 0.495 e. The number of rotatable bonds is 12. The summed E-state index contributed by atoms with van der Waals surface area (Å²) in [4.78, 5) is 28.8. The Balaban J connectivity index is 2.12. The molecule has 0 saturated heterocycles. The maximum atomic E-state index is 14.2. The zero-order chi connectivity index (χ0) is 30.3. The Kier molecular flexibility index (Phi) is 11.1. The Morgan fingerprint density at radius 1 is 1.00 bits per heavy atom. The minimum atomic E-state index is -4.23. The van der Waals surface area contributed by atoms with Crippen LogP contribution in [0.3, 0.4) is 0 Å². The molecule has 0 heterocycles. The number of benzene rings is 3. The third-order valence-corrected chi connectivity index (χ3v) is 8.78. The van der Waals surface area contributed by atoms with Crippen LogP contribution in [0.4, 0.5) is 5.69 Å². The highest BCUT2D eigenvalue weighted by molar-refractivity contribution is 7.92. The minimum Gasteiger partial charge on any atom is -0.495 e. The summed E-state index contributed by atoms with van der Waals surface area (Å²) in [5, 5.41) is 3.61. The molecular weight excluding hydrogens is 585 g/mol. The van der Waals surface area contributed by atoms with Gasteiger partial charge in [0.05, 0.1) is 17.7 Å². The second-order valence-corrected chi connectivity index (χ2v) is 12.5. The monoisotopic (exact) mass is 619 g/mol. The van der Waals surface area contributed by atoms with E-state index in [4.69, 9.17) is 27.9 Å². The van der Waals surface area contributed by atoms with Gasteiger partial charge in [0, 0.05) is 22.6 Å². The van der Waals surface area contributed by atoms with Gasteiger partial charge in [0.1, 0.15) is 18.3 Å². The van der Waals surface area contributed by atoms with Gasteiger partial charge in [0.25, 0.3) is 10.0 Å². The number of hydrogen-bond donors (Lipinski definition) is 1. The van der Waals surface area contributed by atoms with Gasteiger partial charge in [-0.15, -0.1) is 0 Å². The molecule has 8 nitrogen and oxygen atoms in total. The summed E-state index contributed by atoms with van der Waals surface area (Å²) < 4.78 is 34.5. The van der Waals surface area contributed by atoms with Crippen molar-refractivity contribution in [3.8, 4) is 5.75 Å².